The van der Waals surface area contributed by atoms with E-state index >= 15 is 0 Å². The van der Waals surface area contributed by atoms with Crippen molar-refractivity contribution in [1.82, 2.24) is 0 Å². The summed E-state index contributed by atoms with van der Waals surface area (Å²) in [5.41, 5.74) is 0. The first kappa shape index (κ1) is 49.1. The molecule has 60 heavy (non-hydrogen) atoms. The molecule has 0 N–H and O–H groups in total. The predicted molar refractivity (Wildman–Crippen MR) is 257 cm³/mol. The fourth-order valence-corrected chi connectivity index (χ4v) is 8.62. The molecule has 0 spiro atoms. The third kappa shape index (κ3) is 16.1. The second-order valence-corrected chi connectivity index (χ2v) is 17.2. The van der Waals surface area contributed by atoms with Gasteiger partial charge in [0.15, 0.2) is 34.5 Å². The summed E-state index contributed by atoms with van der Waals surface area (Å²) in [6, 6.07) is 12.9. The number of rotatable bonds is 36. The third-order valence-corrected chi connectivity index (χ3v) is 12.3. The van der Waals surface area contributed by atoms with E-state index in [2.05, 4.69) is 57.2 Å². The molecule has 0 heterocycles. The average Bonchev–Trinajstić information content (AvgIpc) is 3.27. The summed E-state index contributed by atoms with van der Waals surface area (Å²) in [6.45, 7) is 8.83. The smallest absolute Gasteiger partial charge is 0.161 e. The summed E-state index contributed by atoms with van der Waals surface area (Å²) in [5, 5.41) is 6.47. The molecule has 6 nitrogen and oxygen atoms in total. The van der Waals surface area contributed by atoms with Gasteiger partial charge in [0.05, 0.1) is 41.2 Å². The Hall–Kier alpha value is -3.54. The Labute approximate surface area is 365 Å². The van der Waals surface area contributed by atoms with E-state index in [0.29, 0.717) is 19.8 Å². The zero-order chi connectivity index (χ0) is 42.6. The molecular formula is C54H84O6. The van der Waals surface area contributed by atoms with Crippen molar-refractivity contribution in [2.45, 2.75) is 194 Å². The maximum Gasteiger partial charge on any atom is 0.161 e. The van der Waals surface area contributed by atoms with E-state index in [4.69, 9.17) is 28.4 Å². The number of fused-ring (bicyclic) bond motifs is 6. The van der Waals surface area contributed by atoms with Crippen LogP contribution in [0.3, 0.4) is 0 Å². The van der Waals surface area contributed by atoms with Crippen LogP contribution in [0.15, 0.2) is 36.4 Å². The molecule has 0 aromatic heterocycles. The molecule has 0 fully saturated rings. The first-order chi connectivity index (χ1) is 29.6. The molecule has 0 bridgehead atoms. The highest BCUT2D eigenvalue weighted by atomic mass is 16.5. The Morgan fingerprint density at radius 2 is 0.433 bits per heavy atom. The molecule has 4 rings (SSSR count). The Bertz CT molecular complexity index is 1770. The van der Waals surface area contributed by atoms with E-state index in [1.54, 1.807) is 21.3 Å². The van der Waals surface area contributed by atoms with Crippen molar-refractivity contribution in [2.24, 2.45) is 0 Å². The summed E-state index contributed by atoms with van der Waals surface area (Å²) in [6.07, 6.45) is 34.5. The molecule has 336 valence electrons. The Morgan fingerprint density at radius 3 is 0.633 bits per heavy atom. The second-order valence-electron chi connectivity index (χ2n) is 17.2. The Morgan fingerprint density at radius 1 is 0.250 bits per heavy atom. The summed E-state index contributed by atoms with van der Waals surface area (Å²) in [7, 11) is 5.20. The lowest BCUT2D eigenvalue weighted by Gasteiger charge is -2.19. The lowest BCUT2D eigenvalue weighted by Crippen LogP contribution is -2.02. The zero-order valence-electron chi connectivity index (χ0n) is 39.1. The zero-order valence-corrected chi connectivity index (χ0v) is 39.1. The van der Waals surface area contributed by atoms with Gasteiger partial charge in [-0.05, 0) is 88.0 Å². The highest BCUT2D eigenvalue weighted by Crippen LogP contribution is 2.47. The number of methoxy groups -OCH3 is 3. The lowest BCUT2D eigenvalue weighted by atomic mass is 9.93. The average molecular weight is 829 g/mol. The molecule has 0 radical (unpaired) electrons. The van der Waals surface area contributed by atoms with E-state index < -0.39 is 0 Å². The fourth-order valence-electron chi connectivity index (χ4n) is 8.62. The van der Waals surface area contributed by atoms with Crippen molar-refractivity contribution in [3.63, 3.8) is 0 Å². The van der Waals surface area contributed by atoms with Crippen molar-refractivity contribution < 1.29 is 28.4 Å². The number of benzene rings is 4. The van der Waals surface area contributed by atoms with Crippen LogP contribution >= 0.6 is 0 Å². The summed E-state index contributed by atoms with van der Waals surface area (Å²) in [5.74, 6) is 4.51. The highest BCUT2D eigenvalue weighted by Gasteiger charge is 2.20. The maximum atomic E-state index is 6.52. The number of ether oxygens (including phenoxy) is 6. The van der Waals surface area contributed by atoms with Gasteiger partial charge in [-0.25, -0.2) is 0 Å². The van der Waals surface area contributed by atoms with Gasteiger partial charge in [-0.2, -0.15) is 0 Å². The molecule has 0 aliphatic rings. The van der Waals surface area contributed by atoms with Gasteiger partial charge in [-0.15, -0.1) is 0 Å². The number of hydrogen-bond donors (Lipinski definition) is 0. The quantitative estimate of drug-likeness (QED) is 0.0336. The van der Waals surface area contributed by atoms with Gasteiger partial charge in [-0.3, -0.25) is 0 Å². The molecule has 0 unspecified atom stereocenters. The SMILES string of the molecule is CCCCCCCCCCCOc1cc2c(cc1OC)c1cc(OC)c(OCCCCCCCCCCC)cc1c1cc(OCCCCCCCCCCC)c(OC)cc21. The Kier molecular flexibility index (Phi) is 24.3. The first-order valence-corrected chi connectivity index (χ1v) is 24.7. The summed E-state index contributed by atoms with van der Waals surface area (Å²) < 4.78 is 37.6. The van der Waals surface area contributed by atoms with E-state index in [0.717, 1.165) is 86.1 Å². The molecule has 0 saturated carbocycles. The monoisotopic (exact) mass is 829 g/mol. The van der Waals surface area contributed by atoms with E-state index in [9.17, 15) is 0 Å². The molecule has 0 saturated heterocycles. The van der Waals surface area contributed by atoms with Crippen LogP contribution in [0.4, 0.5) is 0 Å². The van der Waals surface area contributed by atoms with Crippen molar-refractivity contribution >= 4 is 32.3 Å². The van der Waals surface area contributed by atoms with E-state index in [-0.39, 0.29) is 0 Å². The van der Waals surface area contributed by atoms with Crippen LogP contribution in [0.1, 0.15) is 194 Å². The van der Waals surface area contributed by atoms with Gasteiger partial charge in [0.1, 0.15) is 0 Å². The van der Waals surface area contributed by atoms with Gasteiger partial charge in [-0.1, -0.05) is 175 Å². The van der Waals surface area contributed by atoms with Gasteiger partial charge in [0.25, 0.3) is 0 Å². The van der Waals surface area contributed by atoms with Crippen molar-refractivity contribution in [1.29, 1.82) is 0 Å². The highest BCUT2D eigenvalue weighted by molar-refractivity contribution is 6.26. The van der Waals surface area contributed by atoms with Crippen LogP contribution in [0, 0.1) is 0 Å². The molecule has 0 aliphatic carbocycles. The van der Waals surface area contributed by atoms with Gasteiger partial charge >= 0.3 is 0 Å². The molecule has 4 aromatic carbocycles. The third-order valence-electron chi connectivity index (χ3n) is 12.3. The Balaban J connectivity index is 1.58. The van der Waals surface area contributed by atoms with Crippen LogP contribution in [-0.2, 0) is 0 Å². The van der Waals surface area contributed by atoms with Crippen LogP contribution in [0.5, 0.6) is 34.5 Å². The van der Waals surface area contributed by atoms with E-state index in [1.165, 1.54) is 154 Å². The maximum absolute atomic E-state index is 6.52. The second kappa shape index (κ2) is 29.7. The van der Waals surface area contributed by atoms with Crippen molar-refractivity contribution in [3.05, 3.63) is 36.4 Å². The van der Waals surface area contributed by atoms with Crippen LogP contribution < -0.4 is 28.4 Å². The van der Waals surface area contributed by atoms with Gasteiger partial charge < -0.3 is 28.4 Å². The van der Waals surface area contributed by atoms with Gasteiger partial charge in [0.2, 0.25) is 0 Å². The fraction of sp³-hybridized carbons (Fsp3) is 0.667. The summed E-state index contributed by atoms with van der Waals surface area (Å²) in [4.78, 5) is 0. The number of unbranched alkanes of at least 4 members (excludes halogenated alkanes) is 24. The lowest BCUT2D eigenvalue weighted by molar-refractivity contribution is 0.284. The standard InChI is InChI=1S/C54H84O6/c1-7-10-13-16-19-22-25-28-31-34-58-52-40-46-43(37-49(52)55-4)44-38-50(56-5)53(59-35-32-29-26-23-20-17-14-11-8-2)41-47(44)48-42-54(51(57-6)39-45(46)48)60-36-33-30-27-24-21-18-15-12-9-3/h37-42H,7-36H2,1-6H3. The molecule has 0 atom stereocenters. The van der Waals surface area contributed by atoms with Crippen LogP contribution in [0.2, 0.25) is 0 Å². The molecule has 4 aromatic rings. The molecular weight excluding hydrogens is 745 g/mol. The predicted octanol–water partition coefficient (Wildman–Crippen LogP) is 16.9. The molecule has 0 amide bonds. The topological polar surface area (TPSA) is 55.4 Å². The normalized spacial score (nSPS) is 11.5. The van der Waals surface area contributed by atoms with Crippen molar-refractivity contribution in [2.75, 3.05) is 41.2 Å². The first-order valence-electron chi connectivity index (χ1n) is 24.7. The minimum atomic E-state index is 0.664. The van der Waals surface area contributed by atoms with Crippen LogP contribution in [-0.4, -0.2) is 41.2 Å². The number of hydrogen-bond acceptors (Lipinski definition) is 6. The molecule has 0 aliphatic heterocycles. The van der Waals surface area contributed by atoms with Gasteiger partial charge in [0, 0.05) is 0 Å². The van der Waals surface area contributed by atoms with Crippen LogP contribution in [0.25, 0.3) is 32.3 Å². The summed E-state index contributed by atoms with van der Waals surface area (Å²) >= 11 is 0. The molecule has 6 heteroatoms. The van der Waals surface area contributed by atoms with Crippen molar-refractivity contribution in [3.8, 4) is 34.5 Å². The minimum Gasteiger partial charge on any atom is -0.493 e. The minimum absolute atomic E-state index is 0.664. The van der Waals surface area contributed by atoms with E-state index in [1.807, 2.05) is 0 Å². The largest absolute Gasteiger partial charge is 0.493 e.